The number of pyridine rings is 1. The first kappa shape index (κ1) is 43.1. The molecule has 0 amide bonds. The Labute approximate surface area is 382 Å². The van der Waals surface area contributed by atoms with E-state index in [9.17, 15) is 9.90 Å². The molecule has 4 aromatic heterocycles. The minimum atomic E-state index is -0.637. The number of fused-ring (bicyclic) bond motifs is 3. The molecule has 6 aromatic rings. The number of ether oxygens (including phenoxy) is 2. The van der Waals surface area contributed by atoms with Crippen molar-refractivity contribution in [3.63, 3.8) is 0 Å². The second-order valence-electron chi connectivity index (χ2n) is 17.4. The molecule has 15 heteroatoms. The number of benzene rings is 2. The fourth-order valence-electron chi connectivity index (χ4n) is 10.3. The predicted octanol–water partition coefficient (Wildman–Crippen LogP) is 8.25. The third kappa shape index (κ3) is 8.05. The van der Waals surface area contributed by atoms with E-state index in [1.54, 1.807) is 20.4 Å². The number of hydrogen-bond donors (Lipinski definition) is 1. The van der Waals surface area contributed by atoms with Crippen LogP contribution in [-0.2, 0) is 29.7 Å². The second-order valence-corrected chi connectivity index (χ2v) is 18.4. The van der Waals surface area contributed by atoms with E-state index < -0.39 is 11.5 Å². The van der Waals surface area contributed by atoms with Crippen LogP contribution in [-0.4, -0.2) is 93.2 Å². The van der Waals surface area contributed by atoms with Gasteiger partial charge in [-0.1, -0.05) is 41.9 Å². The number of halogens is 1. The first-order valence-corrected chi connectivity index (χ1v) is 23.2. The maximum Gasteiger partial charge on any atom is 0.186 e. The number of hydrogen-bond acceptors (Lipinski definition) is 13. The largest absolute Gasteiger partial charge is 0.497 e. The number of aliphatic hydroxyl groups excluding tert-OH is 1. The van der Waals surface area contributed by atoms with Gasteiger partial charge in [0, 0.05) is 49.9 Å². The maximum atomic E-state index is 13.7. The molecule has 2 aliphatic carbocycles. The van der Waals surface area contributed by atoms with Crippen LogP contribution in [0.25, 0.3) is 22.6 Å². The lowest BCUT2D eigenvalue weighted by Gasteiger charge is -2.36. The van der Waals surface area contributed by atoms with E-state index in [0.717, 1.165) is 107 Å². The number of Topliss-reactive ketones (excluding diaryl/α,β-unsaturated/α-hetero) is 1. The molecular formula is C48H56IN9O5. The molecule has 1 aliphatic heterocycles. The Bertz CT molecular complexity index is 2530. The molecule has 5 heterocycles. The number of rotatable bonds is 14. The smallest absolute Gasteiger partial charge is 0.186 e. The Kier molecular flexibility index (Phi) is 12.4. The van der Waals surface area contributed by atoms with E-state index in [0.29, 0.717) is 48.3 Å². The van der Waals surface area contributed by atoms with Gasteiger partial charge in [0.1, 0.15) is 32.6 Å². The van der Waals surface area contributed by atoms with Crippen molar-refractivity contribution in [3.05, 3.63) is 98.6 Å². The molecule has 63 heavy (non-hydrogen) atoms. The van der Waals surface area contributed by atoms with Crippen LogP contribution in [0.1, 0.15) is 98.4 Å². The van der Waals surface area contributed by atoms with Gasteiger partial charge in [-0.3, -0.25) is 4.79 Å². The highest BCUT2D eigenvalue weighted by Crippen LogP contribution is 2.48. The number of aliphatic hydroxyl groups is 1. The Morgan fingerprint density at radius 3 is 2.27 bits per heavy atom. The number of ketones is 1. The van der Waals surface area contributed by atoms with E-state index >= 15 is 0 Å². The highest BCUT2D eigenvalue weighted by atomic mass is 127. The molecule has 9 rings (SSSR count). The Hall–Kier alpha value is -5.13. The third-order valence-corrected chi connectivity index (χ3v) is 14.5. The summed E-state index contributed by atoms with van der Waals surface area (Å²) >= 11 is 2.30. The molecule has 14 nitrogen and oxygen atoms in total. The van der Waals surface area contributed by atoms with Gasteiger partial charge >= 0.3 is 0 Å². The van der Waals surface area contributed by atoms with Crippen molar-refractivity contribution in [1.29, 1.82) is 0 Å². The van der Waals surface area contributed by atoms with Gasteiger partial charge in [-0.25, -0.2) is 19.6 Å². The lowest BCUT2D eigenvalue weighted by molar-refractivity contribution is -0.128. The zero-order valence-corrected chi connectivity index (χ0v) is 38.9. The lowest BCUT2D eigenvalue weighted by atomic mass is 9.64. The molecule has 1 saturated carbocycles. The van der Waals surface area contributed by atoms with E-state index in [4.69, 9.17) is 39.2 Å². The second kappa shape index (κ2) is 18.2. The van der Waals surface area contributed by atoms with E-state index in [1.165, 1.54) is 0 Å². The van der Waals surface area contributed by atoms with Gasteiger partial charge in [-0.05, 0) is 130 Å². The van der Waals surface area contributed by atoms with Crippen molar-refractivity contribution in [1.82, 2.24) is 34.8 Å². The standard InChI is InChI=1S/C48H56IN9O5/c1-30(37-13-10-26-55(37)2)58-47-40(43(49)53-58)46(51-44(52-47)41-36-11-8-24-48(42(36)63-54-41)23-7-6-14-39(48)60)56(3)38(29-59)35-12-9-25-50-45(35)57(27-31-15-19-33(61-4)20-16-31)28-32-17-21-34(62-5)22-18-32/h9,12,15-22,25,30,37-38,59H,6-8,10-11,13-14,23-24,26-29H2,1-5H3/t30-,37-,38?,48+/m0/s1. The van der Waals surface area contributed by atoms with Crippen LogP contribution in [0.5, 0.6) is 11.5 Å². The number of nitrogens with zero attached hydrogens (tertiary/aromatic N) is 9. The van der Waals surface area contributed by atoms with Crippen LogP contribution in [0, 0.1) is 3.70 Å². The van der Waals surface area contributed by atoms with Gasteiger partial charge < -0.3 is 33.8 Å². The number of aromatic nitrogens is 6. The van der Waals surface area contributed by atoms with Crippen molar-refractivity contribution in [2.45, 2.75) is 101 Å². The van der Waals surface area contributed by atoms with Crippen LogP contribution in [0.15, 0.2) is 71.4 Å². The van der Waals surface area contributed by atoms with Gasteiger partial charge in [0.05, 0.1) is 43.7 Å². The van der Waals surface area contributed by atoms with Crippen LogP contribution in [0.4, 0.5) is 11.6 Å². The zero-order chi connectivity index (χ0) is 43.8. The fourth-order valence-corrected chi connectivity index (χ4v) is 11.0. The molecule has 1 N–H and O–H groups in total. The molecule has 2 fully saturated rings. The summed E-state index contributed by atoms with van der Waals surface area (Å²) in [6.45, 7) is 4.11. The molecule has 330 valence electrons. The highest BCUT2D eigenvalue weighted by Gasteiger charge is 2.49. The molecule has 2 aromatic carbocycles. The van der Waals surface area contributed by atoms with E-state index in [1.807, 2.05) is 48.3 Å². The Balaban J connectivity index is 1.17. The molecule has 3 aliphatic rings. The summed E-state index contributed by atoms with van der Waals surface area (Å²) in [4.78, 5) is 36.0. The number of carbonyl (C=O) groups excluding carboxylic acids is 1. The first-order valence-electron chi connectivity index (χ1n) is 22.1. The topological polar surface area (TPSA) is 148 Å². The average Bonchev–Trinajstić information content (AvgIpc) is 4.05. The predicted molar refractivity (Wildman–Crippen MR) is 250 cm³/mol. The van der Waals surface area contributed by atoms with Crippen molar-refractivity contribution >= 4 is 51.0 Å². The summed E-state index contributed by atoms with van der Waals surface area (Å²) in [7, 11) is 7.48. The number of anilines is 2. The number of carbonyl (C=O) groups is 1. The summed E-state index contributed by atoms with van der Waals surface area (Å²) in [5.41, 5.74) is 4.54. The van der Waals surface area contributed by atoms with Crippen molar-refractivity contribution < 1.29 is 23.9 Å². The Morgan fingerprint density at radius 2 is 1.63 bits per heavy atom. The third-order valence-electron chi connectivity index (χ3n) is 13.8. The van der Waals surface area contributed by atoms with E-state index in [-0.39, 0.29) is 24.5 Å². The molecule has 0 radical (unpaired) electrons. The summed E-state index contributed by atoms with van der Waals surface area (Å²) in [5, 5.41) is 22.2. The molecule has 0 bridgehead atoms. The van der Waals surface area contributed by atoms with Gasteiger partial charge in [-0.15, -0.1) is 0 Å². The highest BCUT2D eigenvalue weighted by molar-refractivity contribution is 14.1. The normalized spacial score (nSPS) is 19.9. The van der Waals surface area contributed by atoms with Crippen LogP contribution in [0.3, 0.4) is 0 Å². The van der Waals surface area contributed by atoms with Crippen LogP contribution in [0.2, 0.25) is 0 Å². The van der Waals surface area contributed by atoms with Gasteiger partial charge in [-0.2, -0.15) is 5.10 Å². The zero-order valence-electron chi connectivity index (χ0n) is 36.8. The fraction of sp³-hybridized carbons (Fsp3) is 0.458. The van der Waals surface area contributed by atoms with Crippen LogP contribution < -0.4 is 19.3 Å². The minimum Gasteiger partial charge on any atom is -0.497 e. The maximum absolute atomic E-state index is 13.7. The summed E-state index contributed by atoms with van der Waals surface area (Å²) in [5.74, 6) is 4.28. The van der Waals surface area contributed by atoms with Crippen LogP contribution >= 0.6 is 22.6 Å². The molecule has 4 atom stereocenters. The van der Waals surface area contributed by atoms with Crippen molar-refractivity contribution in [2.24, 2.45) is 0 Å². The number of likely N-dealkylation sites (tertiary alicyclic amines) is 1. The number of likely N-dealkylation sites (N-methyl/N-ethyl adjacent to an activating group) is 2. The first-order chi connectivity index (χ1) is 30.6. The van der Waals surface area contributed by atoms with Gasteiger partial charge in [0.15, 0.2) is 22.9 Å². The summed E-state index contributed by atoms with van der Waals surface area (Å²) < 4.78 is 20.0. The molecule has 1 saturated heterocycles. The quantitative estimate of drug-likeness (QED) is 0.105. The monoisotopic (exact) mass is 965 g/mol. The van der Waals surface area contributed by atoms with Crippen molar-refractivity contribution in [3.8, 4) is 23.0 Å². The average molecular weight is 966 g/mol. The Morgan fingerprint density at radius 1 is 0.937 bits per heavy atom. The molecule has 1 unspecified atom stereocenters. The van der Waals surface area contributed by atoms with Crippen molar-refractivity contribution in [2.75, 3.05) is 51.3 Å². The van der Waals surface area contributed by atoms with E-state index in [2.05, 4.69) is 75.3 Å². The summed E-state index contributed by atoms with van der Waals surface area (Å²) in [6, 6.07) is 19.8. The van der Waals surface area contributed by atoms with Gasteiger partial charge in [0.2, 0.25) is 0 Å². The minimum absolute atomic E-state index is 0.0156. The SMILES string of the molecule is COc1ccc(CN(Cc2ccc(OC)cc2)c2ncccc2C(CO)N(C)c2nc(-c3noc4c3CCC[C@@]43CCCCC3=O)nc3c2c(I)nn3[C@@H](C)[C@@H]2CCCN2C)cc1. The molecular weight excluding hydrogens is 909 g/mol. The number of methoxy groups -OCH3 is 2. The molecule has 1 spiro atoms. The summed E-state index contributed by atoms with van der Waals surface area (Å²) in [6.07, 6.45) is 9.60. The van der Waals surface area contributed by atoms with Gasteiger partial charge in [0.25, 0.3) is 0 Å². The lowest BCUT2D eigenvalue weighted by Crippen LogP contribution is -2.41.